The molecule has 5 aromatic rings. The van der Waals surface area contributed by atoms with Crippen LogP contribution in [-0.4, -0.2) is 305 Å². The number of nitrogens with zero attached hydrogens (tertiary/aromatic N) is 2. The highest BCUT2D eigenvalue weighted by Gasteiger charge is 2.42. The number of fused-ring (bicyclic) bond motifs is 2. The number of hydrogen-bond acceptors (Lipinski definition) is 27. The maximum atomic E-state index is 14.9. The van der Waals surface area contributed by atoms with Gasteiger partial charge in [0.1, 0.15) is 96.4 Å². The summed E-state index contributed by atoms with van der Waals surface area (Å²) >= 11 is 13.9. The summed E-state index contributed by atoms with van der Waals surface area (Å²) in [6.07, 6.45) is -0.634. The lowest BCUT2D eigenvalue weighted by Crippen LogP contribution is -2.62. The molecule has 17 amide bonds. The average Bonchev–Trinajstić information content (AvgIpc) is 1.71. The number of rotatable bonds is 56. The number of phenols is 1. The van der Waals surface area contributed by atoms with Crippen molar-refractivity contribution in [3.63, 3.8) is 0 Å². The van der Waals surface area contributed by atoms with Crippen molar-refractivity contribution >= 4 is 190 Å². The summed E-state index contributed by atoms with van der Waals surface area (Å²) in [5.41, 5.74) is 24.7. The minimum atomic E-state index is -2.11. The van der Waals surface area contributed by atoms with Crippen LogP contribution in [0.3, 0.4) is 0 Å². The number of nitrogens with one attached hydrogen (secondary N) is 17. The highest BCUT2D eigenvalue weighted by molar-refractivity contribution is 7.98. The van der Waals surface area contributed by atoms with Crippen molar-refractivity contribution in [3.8, 4) is 5.75 Å². The van der Waals surface area contributed by atoms with Gasteiger partial charge in [0.25, 0.3) is 0 Å². The average molecular weight is 1980 g/mol. The van der Waals surface area contributed by atoms with Crippen molar-refractivity contribution in [3.05, 3.63) is 102 Å². The quantitative estimate of drug-likeness (QED) is 0.00747. The fourth-order valence-electron chi connectivity index (χ4n) is 14.3. The SMILES string of the molecule is CSCC[C@H](NC(=O)[C@H](CC(C)C)NC(=O)[C@H](CC(=O)O)NC(=O)[C@H](CCC(=O)O)NC(=O)[C@H](Cc1ccc(O)cc1)NC(=O)[C@H](CS)NC(=O)[C@H](C)NC(=O)[C@@H](NC(=O)[C@H](CCCN=C(N)N)NC(=O)[C@H](Cc1c[nH]c2ccccc12)NC(=O)[C@@H]1CCCN1C(=O)[C@H](C)NC(=O)[C@H](CS)NC(=O)[C@H](C)N)[C@@H](C)O)C(=O)N[C@@H](Cc1c[nH]c2ccccc12)C(=O)N[C@@H](CS)C(=O)NCC(N)=O. The molecule has 136 heavy (non-hydrogen) atoms. The van der Waals surface area contributed by atoms with Gasteiger partial charge in [0, 0.05) is 90.2 Å². The molecular formula is C86H123N23O23S4. The summed E-state index contributed by atoms with van der Waals surface area (Å²) in [6.45, 7) is 7.76. The second kappa shape index (κ2) is 55.2. The molecular weight excluding hydrogens is 1850 g/mol. The molecule has 17 atom stereocenters. The number of thiol groups is 3. The number of nitrogens with two attached hydrogens (primary N) is 4. The number of para-hydroxylation sites is 2. The summed E-state index contributed by atoms with van der Waals surface area (Å²) in [5, 5.41) is 79.9. The summed E-state index contributed by atoms with van der Waals surface area (Å²) in [5.74, 6) is -21.7. The lowest BCUT2D eigenvalue weighted by molar-refractivity contribution is -0.142. The smallest absolute Gasteiger partial charge is 0.305 e. The van der Waals surface area contributed by atoms with Gasteiger partial charge in [-0.05, 0) is 132 Å². The van der Waals surface area contributed by atoms with Gasteiger partial charge in [-0.1, -0.05) is 62.4 Å². The topological polar surface area (TPSA) is 737 Å². The number of thioether (sulfide) groups is 1. The molecule has 0 unspecified atom stereocenters. The molecule has 0 spiro atoms. The van der Waals surface area contributed by atoms with E-state index in [9.17, 15) is 112 Å². The first kappa shape index (κ1) is 112. The van der Waals surface area contributed by atoms with Gasteiger partial charge in [0.2, 0.25) is 100 Å². The number of aliphatic imine (C=N–C) groups is 1. The van der Waals surface area contributed by atoms with E-state index in [-0.39, 0.29) is 92.6 Å². The van der Waals surface area contributed by atoms with E-state index in [0.717, 1.165) is 13.8 Å². The Morgan fingerprint density at radius 1 is 0.485 bits per heavy atom. The van der Waals surface area contributed by atoms with Gasteiger partial charge in [-0.15, -0.1) is 0 Å². The Balaban J connectivity index is 1.18. The second-order valence-corrected chi connectivity index (χ2v) is 35.0. The molecule has 1 aliphatic rings. The Morgan fingerprint density at radius 3 is 1.43 bits per heavy atom. The number of benzene rings is 3. The molecule has 50 heteroatoms. The number of likely N-dealkylation sites (tertiary alicyclic amines) is 1. The van der Waals surface area contributed by atoms with Gasteiger partial charge < -0.3 is 138 Å². The number of carboxylic acids is 2. The third-order valence-corrected chi connectivity index (χ3v) is 23.3. The molecule has 46 nitrogen and oxygen atoms in total. The predicted octanol–water partition coefficient (Wildman–Crippen LogP) is -5.49. The predicted molar refractivity (Wildman–Crippen MR) is 510 cm³/mol. The van der Waals surface area contributed by atoms with Gasteiger partial charge in [0.15, 0.2) is 5.96 Å². The van der Waals surface area contributed by atoms with Crippen LogP contribution in [0.5, 0.6) is 5.75 Å². The highest BCUT2D eigenvalue weighted by atomic mass is 32.2. The molecule has 0 saturated carbocycles. The number of hydrogen-bond donors (Lipinski definition) is 28. The normalized spacial score (nSPS) is 15.9. The zero-order chi connectivity index (χ0) is 101. The molecule has 1 fully saturated rings. The highest BCUT2D eigenvalue weighted by Crippen LogP contribution is 2.25. The lowest BCUT2D eigenvalue weighted by atomic mass is 10.0. The molecule has 0 aliphatic carbocycles. The van der Waals surface area contributed by atoms with Crippen LogP contribution in [0, 0.1) is 5.92 Å². The van der Waals surface area contributed by atoms with Crippen LogP contribution >= 0.6 is 49.6 Å². The van der Waals surface area contributed by atoms with Crippen LogP contribution < -0.4 is 103 Å². The number of amides is 17. The van der Waals surface area contributed by atoms with E-state index in [4.69, 9.17) is 22.9 Å². The molecule has 1 saturated heterocycles. The number of aromatic hydroxyl groups is 1. The van der Waals surface area contributed by atoms with Crippen LogP contribution in [-0.2, 0) is 110 Å². The number of carbonyl (C=O) groups excluding carboxylic acids is 17. The van der Waals surface area contributed by atoms with E-state index >= 15 is 0 Å². The molecule has 2 aromatic heterocycles. The van der Waals surface area contributed by atoms with Crippen molar-refractivity contribution in [1.29, 1.82) is 0 Å². The Kier molecular flexibility index (Phi) is 45.4. The number of carbonyl (C=O) groups is 19. The van der Waals surface area contributed by atoms with E-state index in [1.807, 2.05) is 0 Å². The minimum Gasteiger partial charge on any atom is -0.508 e. The fourth-order valence-corrected chi connectivity index (χ4v) is 15.6. The van der Waals surface area contributed by atoms with Crippen LogP contribution in [0.2, 0.25) is 0 Å². The van der Waals surface area contributed by atoms with Crippen molar-refractivity contribution < 1.29 is 112 Å². The van der Waals surface area contributed by atoms with Crippen LogP contribution in [0.15, 0.2) is 90.2 Å². The van der Waals surface area contributed by atoms with E-state index < -0.39 is 259 Å². The number of phenolic OH excluding ortho intramolecular Hbond substituents is 1. The number of aliphatic hydroxyl groups excluding tert-OH is 1. The second-order valence-electron chi connectivity index (χ2n) is 33.0. The van der Waals surface area contributed by atoms with E-state index in [1.54, 1.807) is 81.0 Å². The van der Waals surface area contributed by atoms with Crippen LogP contribution in [0.25, 0.3) is 21.8 Å². The van der Waals surface area contributed by atoms with E-state index in [1.165, 1.54) is 54.8 Å². The van der Waals surface area contributed by atoms with Crippen molar-refractivity contribution in [1.82, 2.24) is 94.6 Å². The van der Waals surface area contributed by atoms with Gasteiger partial charge in [-0.2, -0.15) is 49.6 Å². The molecule has 0 radical (unpaired) electrons. The monoisotopic (exact) mass is 1970 g/mol. The van der Waals surface area contributed by atoms with Gasteiger partial charge in [0.05, 0.1) is 25.1 Å². The van der Waals surface area contributed by atoms with Gasteiger partial charge in [-0.3, -0.25) is 96.1 Å². The molecule has 744 valence electrons. The first-order chi connectivity index (χ1) is 64.4. The molecule has 3 aromatic carbocycles. The van der Waals surface area contributed by atoms with Crippen molar-refractivity contribution in [2.45, 2.75) is 221 Å². The summed E-state index contributed by atoms with van der Waals surface area (Å²) in [7, 11) is 0. The molecule has 0 bridgehead atoms. The van der Waals surface area contributed by atoms with Gasteiger partial charge >= 0.3 is 11.9 Å². The van der Waals surface area contributed by atoms with Gasteiger partial charge in [-0.25, -0.2) is 0 Å². The number of guanidine groups is 1. The third-order valence-electron chi connectivity index (χ3n) is 21.6. The maximum Gasteiger partial charge on any atom is 0.305 e. The first-order valence-corrected chi connectivity index (χ1v) is 46.9. The number of primary amides is 1. The summed E-state index contributed by atoms with van der Waals surface area (Å²) < 4.78 is 0. The molecule has 29 N–H and O–H groups in total. The number of aromatic nitrogens is 2. The lowest BCUT2D eigenvalue weighted by Gasteiger charge is -2.30. The number of aliphatic carboxylic acids is 2. The molecule has 6 rings (SSSR count). The number of aliphatic hydroxyl groups is 1. The third kappa shape index (κ3) is 35.4. The number of H-pyrrole nitrogens is 2. The molecule has 3 heterocycles. The Hall–Kier alpha value is -12.9. The number of aromatic amines is 2. The zero-order valence-electron chi connectivity index (χ0n) is 75.9. The molecule has 1 aliphatic heterocycles. The Bertz CT molecular complexity index is 5100. The van der Waals surface area contributed by atoms with E-state index in [0.29, 0.717) is 39.4 Å². The summed E-state index contributed by atoms with van der Waals surface area (Å²) in [6, 6.07) is -5.51. The number of carboxylic acid groups (broad SMARTS) is 2. The van der Waals surface area contributed by atoms with E-state index in [2.05, 4.69) is 133 Å². The van der Waals surface area contributed by atoms with Crippen molar-refractivity contribution in [2.24, 2.45) is 33.8 Å². The largest absolute Gasteiger partial charge is 0.508 e. The standard InChI is InChI=1S/C86H123N23O23S4/c1-41(2)30-57(76(123)99-56(26-29-136-7)74(121)102-59(32-47-35-92-52-16-10-8-14-50(47)52)79(126)107-62(38-133)72(119)94-37-66(88)112)100-80(127)61(34-68(115)116)103-73(120)55(24-25-67(113)114)98-77(124)58(31-46-20-22-49(111)23-21-46)101-82(129)64(40-135)106-71(118)43(4)95-84(131)69(45(6)110)108-75(122)54(18-12-27-91-86(89)90)97-78(125)60(33-48-36-93-53-17-11-9-15-51(48)53)104-83(130)65-19-13-28-109(65)85(132)44(5)96-81(128)63(39-134)105-70(117)42(3)87/h8-11,14-17,20-23,35-36,41-45,54-65,69,92-93,110-111,133-135H,12-13,18-19,24-34,37-40,87H2,1-7H3,(H2,88,112)(H,94,119)(H,95,131)(H,96,128)(H,97,125)(H,98,124)(H,99,123)(H,100,127)(H,101,129)(H,102,121)(H,103,120)(H,104,130)(H,105,117)(H,106,118)(H,107,126)(H,108,122)(H,113,114)(H,115,116)(H4,89,90,91)/t42-,43-,44-,45+,54-,55-,56-,57-,58-,59-,60-,61-,62-,63-,64-,65-,69-/m0/s1. The fraction of sp³-hybridized carbons (Fsp3) is 0.512. The first-order valence-electron chi connectivity index (χ1n) is 43.6. The minimum absolute atomic E-state index is 0.00968. The maximum absolute atomic E-state index is 14.9. The van der Waals surface area contributed by atoms with Crippen LogP contribution in [0.1, 0.15) is 116 Å². The van der Waals surface area contributed by atoms with Crippen molar-refractivity contribution in [2.75, 3.05) is 48.9 Å². The Morgan fingerprint density at radius 2 is 0.919 bits per heavy atom. The summed E-state index contributed by atoms with van der Waals surface area (Å²) in [4.78, 5) is 275. The zero-order valence-corrected chi connectivity index (χ0v) is 79.4. The Labute approximate surface area is 803 Å². The van der Waals surface area contributed by atoms with Crippen LogP contribution in [0.4, 0.5) is 0 Å².